The van der Waals surface area contributed by atoms with Gasteiger partial charge in [-0.15, -0.1) is 0 Å². The van der Waals surface area contributed by atoms with Gasteiger partial charge in [0.2, 0.25) is 0 Å². The summed E-state index contributed by atoms with van der Waals surface area (Å²) >= 11 is 0. The average Bonchev–Trinajstić information content (AvgIpc) is 2.64. The summed E-state index contributed by atoms with van der Waals surface area (Å²) in [5.41, 5.74) is 7.62. The second kappa shape index (κ2) is 5.61. The molecule has 2 aromatic rings. The van der Waals surface area contributed by atoms with Crippen LogP contribution >= 0.6 is 0 Å². The fourth-order valence-corrected chi connectivity index (χ4v) is 2.18. The smallest absolute Gasteiger partial charge is 0.134 e. The van der Waals surface area contributed by atoms with E-state index in [1.165, 1.54) is 16.8 Å². The van der Waals surface area contributed by atoms with Crippen molar-refractivity contribution in [1.82, 2.24) is 9.78 Å². The number of hydrogen-bond donors (Lipinski definition) is 1. The van der Waals surface area contributed by atoms with Crippen LogP contribution in [0.4, 0.5) is 14.6 Å². The van der Waals surface area contributed by atoms with E-state index in [9.17, 15) is 8.78 Å². The highest BCUT2D eigenvalue weighted by Crippen LogP contribution is 2.32. The summed E-state index contributed by atoms with van der Waals surface area (Å²) in [4.78, 5) is 0. The molecule has 2 rings (SSSR count). The Balaban J connectivity index is 2.48. The molecule has 20 heavy (non-hydrogen) atoms. The highest BCUT2D eigenvalue weighted by atomic mass is 19.1. The number of rotatable bonds is 4. The number of aromatic nitrogens is 2. The van der Waals surface area contributed by atoms with E-state index in [0.29, 0.717) is 22.9 Å². The van der Waals surface area contributed by atoms with Gasteiger partial charge in [-0.3, -0.25) is 4.68 Å². The number of halogens is 2. The van der Waals surface area contributed by atoms with E-state index in [1.807, 2.05) is 0 Å². The van der Waals surface area contributed by atoms with Gasteiger partial charge in [0, 0.05) is 24.2 Å². The van der Waals surface area contributed by atoms with E-state index >= 15 is 0 Å². The third kappa shape index (κ3) is 2.81. The van der Waals surface area contributed by atoms with Crippen LogP contribution in [-0.4, -0.2) is 9.78 Å². The Bertz CT molecular complexity index is 618. The van der Waals surface area contributed by atoms with E-state index < -0.39 is 11.6 Å². The maximum atomic E-state index is 14.0. The average molecular weight is 279 g/mol. The summed E-state index contributed by atoms with van der Waals surface area (Å²) in [6.07, 6.45) is 1.65. The molecule has 1 aromatic heterocycles. The molecule has 0 amide bonds. The number of nitrogen functional groups attached to an aromatic ring is 1. The van der Waals surface area contributed by atoms with Gasteiger partial charge in [-0.1, -0.05) is 13.8 Å². The third-order valence-corrected chi connectivity index (χ3v) is 3.32. The minimum absolute atomic E-state index is 0.302. The number of aryl methyl sites for hydroxylation is 2. The van der Waals surface area contributed by atoms with Gasteiger partial charge in [0.15, 0.2) is 0 Å². The first-order valence-electron chi connectivity index (χ1n) is 6.67. The van der Waals surface area contributed by atoms with E-state index in [0.717, 1.165) is 24.6 Å². The monoisotopic (exact) mass is 279 g/mol. The van der Waals surface area contributed by atoms with Gasteiger partial charge in [-0.05, 0) is 30.9 Å². The maximum Gasteiger partial charge on any atom is 0.134 e. The summed E-state index contributed by atoms with van der Waals surface area (Å²) < 4.78 is 28.5. The van der Waals surface area contributed by atoms with Gasteiger partial charge >= 0.3 is 0 Å². The number of nitrogens with two attached hydrogens (primary N) is 1. The van der Waals surface area contributed by atoms with E-state index in [1.54, 1.807) is 7.05 Å². The van der Waals surface area contributed by atoms with Gasteiger partial charge in [0.1, 0.15) is 17.5 Å². The van der Waals surface area contributed by atoms with Gasteiger partial charge in [0.05, 0.1) is 5.69 Å². The zero-order valence-corrected chi connectivity index (χ0v) is 12.0. The van der Waals surface area contributed by atoms with Crippen molar-refractivity contribution in [2.45, 2.75) is 26.7 Å². The van der Waals surface area contributed by atoms with Gasteiger partial charge in [-0.2, -0.15) is 5.10 Å². The first-order chi connectivity index (χ1) is 9.40. The summed E-state index contributed by atoms with van der Waals surface area (Å²) in [5, 5.41) is 4.35. The lowest BCUT2D eigenvalue weighted by molar-refractivity contribution is 0.575. The minimum atomic E-state index is -0.615. The van der Waals surface area contributed by atoms with Crippen LogP contribution < -0.4 is 5.73 Å². The first-order valence-corrected chi connectivity index (χ1v) is 6.67. The summed E-state index contributed by atoms with van der Waals surface area (Å²) in [7, 11) is 1.72. The Kier molecular flexibility index (Phi) is 4.06. The number of nitrogens with zero attached hydrogens (tertiary/aromatic N) is 2. The number of benzene rings is 1. The molecule has 1 heterocycles. The molecular weight excluding hydrogens is 260 g/mol. The fourth-order valence-electron chi connectivity index (χ4n) is 2.18. The van der Waals surface area contributed by atoms with Gasteiger partial charge < -0.3 is 5.73 Å². The van der Waals surface area contributed by atoms with Gasteiger partial charge in [0.25, 0.3) is 0 Å². The highest BCUT2D eigenvalue weighted by Gasteiger charge is 2.19. The predicted molar refractivity (Wildman–Crippen MR) is 76.1 cm³/mol. The van der Waals surface area contributed by atoms with Crippen molar-refractivity contribution in [3.63, 3.8) is 0 Å². The Hall–Kier alpha value is -1.91. The van der Waals surface area contributed by atoms with E-state index in [-0.39, 0.29) is 0 Å². The molecule has 0 bridgehead atoms. The van der Waals surface area contributed by atoms with Crippen molar-refractivity contribution in [2.75, 3.05) is 5.73 Å². The molecule has 0 aliphatic heterocycles. The van der Waals surface area contributed by atoms with E-state index in [4.69, 9.17) is 5.73 Å². The molecular formula is C15H19F2N3. The third-order valence-electron chi connectivity index (χ3n) is 3.32. The second-order valence-corrected chi connectivity index (χ2v) is 5.39. The molecule has 0 saturated heterocycles. The lowest BCUT2D eigenvalue weighted by atomic mass is 9.99. The molecule has 0 aliphatic rings. The topological polar surface area (TPSA) is 43.8 Å². The first kappa shape index (κ1) is 14.5. The zero-order valence-electron chi connectivity index (χ0n) is 12.0. The molecule has 108 valence electrons. The predicted octanol–water partition coefficient (Wildman–Crippen LogP) is 3.54. The van der Waals surface area contributed by atoms with Crippen molar-refractivity contribution < 1.29 is 8.78 Å². The highest BCUT2D eigenvalue weighted by molar-refractivity contribution is 5.77. The van der Waals surface area contributed by atoms with Gasteiger partial charge in [-0.25, -0.2) is 8.78 Å². The SMILES string of the molecule is CC(C)CCc1nn(C)c(N)c1-c1ccc(F)cc1F. The van der Waals surface area contributed by atoms with Crippen molar-refractivity contribution in [3.05, 3.63) is 35.5 Å². The number of hydrogen-bond acceptors (Lipinski definition) is 2. The van der Waals surface area contributed by atoms with Crippen LogP contribution in [-0.2, 0) is 13.5 Å². The largest absolute Gasteiger partial charge is 0.383 e. The summed E-state index contributed by atoms with van der Waals surface area (Å²) in [6.45, 7) is 4.23. The zero-order chi connectivity index (χ0) is 14.9. The molecule has 0 unspecified atom stereocenters. The van der Waals surface area contributed by atoms with Crippen LogP contribution in [0.15, 0.2) is 18.2 Å². The summed E-state index contributed by atoms with van der Waals surface area (Å²) in [6, 6.07) is 3.52. The maximum absolute atomic E-state index is 14.0. The lowest BCUT2D eigenvalue weighted by Gasteiger charge is -2.07. The molecule has 3 nitrogen and oxygen atoms in total. The minimum Gasteiger partial charge on any atom is -0.383 e. The van der Waals surface area contributed by atoms with Crippen molar-refractivity contribution in [2.24, 2.45) is 13.0 Å². The molecule has 0 atom stereocenters. The van der Waals surface area contributed by atoms with Crippen LogP contribution in [0, 0.1) is 17.6 Å². The van der Waals surface area contributed by atoms with Crippen LogP contribution in [0.1, 0.15) is 26.0 Å². The quantitative estimate of drug-likeness (QED) is 0.930. The van der Waals surface area contributed by atoms with Crippen LogP contribution in [0.2, 0.25) is 0 Å². The summed E-state index contributed by atoms with van der Waals surface area (Å²) in [5.74, 6) is -0.300. The molecule has 0 saturated carbocycles. The van der Waals surface area contributed by atoms with Crippen molar-refractivity contribution in [1.29, 1.82) is 0 Å². The standard InChI is InChI=1S/C15H19F2N3/c1-9(2)4-7-13-14(15(18)20(3)19-13)11-6-5-10(16)8-12(11)17/h5-6,8-9H,4,7,18H2,1-3H3. The molecule has 0 radical (unpaired) electrons. The molecule has 0 aliphatic carbocycles. The Morgan fingerprint density at radius 2 is 2.00 bits per heavy atom. The van der Waals surface area contributed by atoms with Crippen LogP contribution in [0.25, 0.3) is 11.1 Å². The van der Waals surface area contributed by atoms with Crippen molar-refractivity contribution >= 4 is 5.82 Å². The Morgan fingerprint density at radius 3 is 2.60 bits per heavy atom. The van der Waals surface area contributed by atoms with Crippen LogP contribution in [0.5, 0.6) is 0 Å². The lowest BCUT2D eigenvalue weighted by Crippen LogP contribution is -1.98. The molecule has 1 aromatic carbocycles. The molecule has 5 heteroatoms. The van der Waals surface area contributed by atoms with E-state index in [2.05, 4.69) is 18.9 Å². The Morgan fingerprint density at radius 1 is 1.30 bits per heavy atom. The van der Waals surface area contributed by atoms with Crippen molar-refractivity contribution in [3.8, 4) is 11.1 Å². The molecule has 2 N–H and O–H groups in total. The molecule has 0 fully saturated rings. The fraction of sp³-hybridized carbons (Fsp3) is 0.400. The Labute approximate surface area is 117 Å². The number of anilines is 1. The van der Waals surface area contributed by atoms with Crippen LogP contribution in [0.3, 0.4) is 0 Å². The normalized spacial score (nSPS) is 11.3. The second-order valence-electron chi connectivity index (χ2n) is 5.39. The molecule has 0 spiro atoms.